The number of para-hydroxylation sites is 1. The minimum Gasteiger partial charge on any atom is -0.324 e. The maximum absolute atomic E-state index is 12.3. The minimum atomic E-state index is -0.0960. The van der Waals surface area contributed by atoms with Gasteiger partial charge in [-0.15, -0.1) is 0 Å². The van der Waals surface area contributed by atoms with Crippen LogP contribution in [0.2, 0.25) is 5.02 Å². The molecule has 112 valence electrons. The summed E-state index contributed by atoms with van der Waals surface area (Å²) in [4.78, 5) is 12.3. The number of nitrogens with zero attached hydrogens (tertiary/aromatic N) is 2. The Morgan fingerprint density at radius 3 is 2.62 bits per heavy atom. The van der Waals surface area contributed by atoms with E-state index >= 15 is 0 Å². The number of rotatable bonds is 4. The first-order valence-corrected chi connectivity index (χ1v) is 7.39. The van der Waals surface area contributed by atoms with Gasteiger partial charge >= 0.3 is 0 Å². The van der Waals surface area contributed by atoms with E-state index in [0.29, 0.717) is 5.02 Å². The van der Waals surface area contributed by atoms with Crippen LogP contribution in [0, 0.1) is 20.8 Å². The number of carbonyl (C=O) groups is 1. The van der Waals surface area contributed by atoms with Gasteiger partial charge in [-0.05, 0) is 38.3 Å². The number of hydrogen-bond acceptors (Lipinski definition) is 2. The molecule has 0 saturated carbocycles. The smallest absolute Gasteiger partial charge is 0.246 e. The number of nitrogens with one attached hydrogen (secondary N) is 1. The Balaban J connectivity index is 2.17. The van der Waals surface area contributed by atoms with Crippen molar-refractivity contribution in [3.05, 3.63) is 45.7 Å². The monoisotopic (exact) mass is 305 g/mol. The number of benzene rings is 1. The van der Waals surface area contributed by atoms with Gasteiger partial charge in [0, 0.05) is 5.69 Å². The second-order valence-corrected chi connectivity index (χ2v) is 5.53. The largest absolute Gasteiger partial charge is 0.324 e. The third kappa shape index (κ3) is 3.27. The number of hydrogen-bond donors (Lipinski definition) is 1. The van der Waals surface area contributed by atoms with Gasteiger partial charge < -0.3 is 5.32 Å². The zero-order valence-corrected chi connectivity index (χ0v) is 13.6. The highest BCUT2D eigenvalue weighted by Gasteiger charge is 2.14. The molecule has 0 aliphatic heterocycles. The minimum absolute atomic E-state index is 0.0960. The summed E-state index contributed by atoms with van der Waals surface area (Å²) in [7, 11) is 0. The van der Waals surface area contributed by atoms with E-state index in [-0.39, 0.29) is 12.5 Å². The van der Waals surface area contributed by atoms with Gasteiger partial charge in [-0.2, -0.15) is 5.10 Å². The summed E-state index contributed by atoms with van der Waals surface area (Å²) in [5, 5.41) is 7.89. The molecule has 0 saturated heterocycles. The summed E-state index contributed by atoms with van der Waals surface area (Å²) >= 11 is 6.10. The Labute approximate surface area is 130 Å². The molecule has 0 atom stereocenters. The van der Waals surface area contributed by atoms with Crippen molar-refractivity contribution in [2.75, 3.05) is 5.32 Å². The highest BCUT2D eigenvalue weighted by atomic mass is 35.5. The quantitative estimate of drug-likeness (QED) is 0.937. The number of carbonyl (C=O) groups excluding carboxylic acids is 1. The van der Waals surface area contributed by atoms with Gasteiger partial charge in [0.15, 0.2) is 0 Å². The third-order valence-electron chi connectivity index (χ3n) is 3.59. The molecular weight excluding hydrogens is 286 g/mol. The second-order valence-electron chi connectivity index (χ2n) is 5.15. The summed E-state index contributed by atoms with van der Waals surface area (Å²) in [5.41, 5.74) is 4.65. The van der Waals surface area contributed by atoms with Crippen LogP contribution in [0.5, 0.6) is 0 Å². The van der Waals surface area contributed by atoms with E-state index in [4.69, 9.17) is 11.6 Å². The van der Waals surface area contributed by atoms with Gasteiger partial charge in [0.05, 0.1) is 16.4 Å². The van der Waals surface area contributed by atoms with Crippen LogP contribution in [0.25, 0.3) is 0 Å². The molecule has 0 aliphatic rings. The van der Waals surface area contributed by atoms with Gasteiger partial charge in [-0.1, -0.05) is 36.7 Å². The first-order valence-electron chi connectivity index (χ1n) is 7.01. The van der Waals surface area contributed by atoms with Gasteiger partial charge in [0.1, 0.15) is 6.54 Å². The molecule has 2 aromatic rings. The van der Waals surface area contributed by atoms with Crippen molar-refractivity contribution >= 4 is 23.2 Å². The molecule has 1 N–H and O–H groups in total. The predicted octanol–water partition coefficient (Wildman–Crippen LogP) is 3.66. The van der Waals surface area contributed by atoms with Gasteiger partial charge in [0.2, 0.25) is 5.91 Å². The summed E-state index contributed by atoms with van der Waals surface area (Å²) in [6, 6.07) is 6.03. The molecule has 1 amide bonds. The van der Waals surface area contributed by atoms with Crippen molar-refractivity contribution in [3.8, 4) is 0 Å². The van der Waals surface area contributed by atoms with Crippen LogP contribution in [0.1, 0.15) is 29.4 Å². The Morgan fingerprint density at radius 1 is 1.33 bits per heavy atom. The zero-order chi connectivity index (χ0) is 15.6. The number of halogens is 1. The number of anilines is 1. The van der Waals surface area contributed by atoms with Crippen LogP contribution in [-0.2, 0) is 17.8 Å². The highest BCUT2D eigenvalue weighted by Crippen LogP contribution is 2.22. The standard InChI is InChI=1S/C16H20ClN3O/c1-5-13-8-6-7-10(2)16(13)18-14(21)9-20-12(4)15(17)11(3)19-20/h6-8H,5,9H2,1-4H3,(H,18,21). The molecule has 0 radical (unpaired) electrons. The molecule has 0 bridgehead atoms. The average Bonchev–Trinajstić information content (AvgIpc) is 2.68. The molecule has 0 fully saturated rings. The molecule has 0 spiro atoms. The van der Waals surface area contributed by atoms with Crippen molar-refractivity contribution in [3.63, 3.8) is 0 Å². The van der Waals surface area contributed by atoms with E-state index < -0.39 is 0 Å². The van der Waals surface area contributed by atoms with Crippen LogP contribution in [0.15, 0.2) is 18.2 Å². The Hall–Kier alpha value is -1.81. The Morgan fingerprint density at radius 2 is 2.05 bits per heavy atom. The van der Waals surface area contributed by atoms with E-state index in [1.807, 2.05) is 39.0 Å². The fourth-order valence-corrected chi connectivity index (χ4v) is 2.48. The topological polar surface area (TPSA) is 46.9 Å². The van der Waals surface area contributed by atoms with Crippen molar-refractivity contribution < 1.29 is 4.79 Å². The Bertz CT molecular complexity index is 676. The normalized spacial score (nSPS) is 10.7. The molecule has 1 aromatic heterocycles. The fraction of sp³-hybridized carbons (Fsp3) is 0.375. The number of aromatic nitrogens is 2. The second kappa shape index (κ2) is 6.31. The maximum atomic E-state index is 12.3. The summed E-state index contributed by atoms with van der Waals surface area (Å²) in [6.07, 6.45) is 0.878. The number of amides is 1. The lowest BCUT2D eigenvalue weighted by molar-refractivity contribution is -0.116. The van der Waals surface area contributed by atoms with Crippen molar-refractivity contribution in [2.45, 2.75) is 40.7 Å². The zero-order valence-electron chi connectivity index (χ0n) is 12.8. The first-order chi connectivity index (χ1) is 9.93. The fourth-order valence-electron chi connectivity index (χ4n) is 2.35. The lowest BCUT2D eigenvalue weighted by Gasteiger charge is -2.13. The number of aryl methyl sites for hydroxylation is 3. The van der Waals surface area contributed by atoms with Gasteiger partial charge in [0.25, 0.3) is 0 Å². The highest BCUT2D eigenvalue weighted by molar-refractivity contribution is 6.31. The predicted molar refractivity (Wildman–Crippen MR) is 85.9 cm³/mol. The van der Waals surface area contributed by atoms with Crippen LogP contribution in [0.4, 0.5) is 5.69 Å². The summed E-state index contributed by atoms with van der Waals surface area (Å²) in [6.45, 7) is 7.93. The molecule has 0 unspecified atom stereocenters. The van der Waals surface area contributed by atoms with Crippen molar-refractivity contribution in [1.29, 1.82) is 0 Å². The van der Waals surface area contributed by atoms with E-state index in [9.17, 15) is 4.79 Å². The maximum Gasteiger partial charge on any atom is 0.246 e. The SMILES string of the molecule is CCc1cccc(C)c1NC(=O)Cn1nc(C)c(Cl)c1C. The average molecular weight is 306 g/mol. The Kier molecular flexibility index (Phi) is 4.68. The molecule has 0 aliphatic carbocycles. The van der Waals surface area contributed by atoms with Gasteiger partial charge in [-0.3, -0.25) is 9.48 Å². The lowest BCUT2D eigenvalue weighted by atomic mass is 10.1. The molecule has 21 heavy (non-hydrogen) atoms. The van der Waals surface area contributed by atoms with Crippen LogP contribution < -0.4 is 5.32 Å². The molecule has 1 aromatic carbocycles. The summed E-state index contributed by atoms with van der Waals surface area (Å²) < 4.78 is 1.64. The molecule has 2 rings (SSSR count). The van der Waals surface area contributed by atoms with E-state index in [0.717, 1.165) is 34.6 Å². The molecule has 5 heteroatoms. The summed E-state index contributed by atoms with van der Waals surface area (Å²) in [5.74, 6) is -0.0960. The first kappa shape index (κ1) is 15.6. The molecule has 4 nitrogen and oxygen atoms in total. The van der Waals surface area contributed by atoms with Crippen LogP contribution in [-0.4, -0.2) is 15.7 Å². The van der Waals surface area contributed by atoms with E-state index in [1.165, 1.54) is 0 Å². The lowest BCUT2D eigenvalue weighted by Crippen LogP contribution is -2.21. The van der Waals surface area contributed by atoms with E-state index in [1.54, 1.807) is 4.68 Å². The van der Waals surface area contributed by atoms with Crippen LogP contribution in [0.3, 0.4) is 0 Å². The van der Waals surface area contributed by atoms with Crippen molar-refractivity contribution in [1.82, 2.24) is 9.78 Å². The molecule has 1 heterocycles. The van der Waals surface area contributed by atoms with Gasteiger partial charge in [-0.25, -0.2) is 0 Å². The molecular formula is C16H20ClN3O. The third-order valence-corrected chi connectivity index (χ3v) is 4.14. The van der Waals surface area contributed by atoms with Crippen molar-refractivity contribution in [2.24, 2.45) is 0 Å². The van der Waals surface area contributed by atoms with E-state index in [2.05, 4.69) is 17.3 Å². The van der Waals surface area contributed by atoms with Crippen LogP contribution >= 0.6 is 11.6 Å².